The minimum atomic E-state index is 0.436. The maximum atomic E-state index is 5.68. The summed E-state index contributed by atoms with van der Waals surface area (Å²) in [5, 5.41) is 3.29. The minimum Gasteiger partial charge on any atom is -0.423 e. The molecule has 3 N–H and O–H groups in total. The van der Waals surface area contributed by atoms with Gasteiger partial charge in [-0.05, 0) is 37.8 Å². The molecule has 0 aliphatic heterocycles. The number of benzene rings is 1. The molecule has 1 atom stereocenters. The number of rotatable bonds is 3. The molecule has 1 heterocycles. The second-order valence-electron chi connectivity index (χ2n) is 4.52. The first-order chi connectivity index (χ1) is 7.72. The van der Waals surface area contributed by atoms with E-state index in [4.69, 9.17) is 10.2 Å². The number of oxazole rings is 1. The van der Waals surface area contributed by atoms with Gasteiger partial charge in [-0.2, -0.15) is 4.98 Å². The van der Waals surface area contributed by atoms with Crippen LogP contribution in [0.25, 0.3) is 11.1 Å². The number of nitrogens with zero attached hydrogens (tertiary/aromatic N) is 1. The van der Waals surface area contributed by atoms with Crippen molar-refractivity contribution >= 4 is 22.8 Å². The Hall–Kier alpha value is -1.71. The lowest BCUT2D eigenvalue weighted by atomic mass is 10.2. The molecule has 0 spiro atoms. The largest absolute Gasteiger partial charge is 0.423 e. The summed E-state index contributed by atoms with van der Waals surface area (Å²) in [7, 11) is 0. The average Bonchev–Trinajstić information content (AvgIpc) is 3.00. The summed E-state index contributed by atoms with van der Waals surface area (Å²) >= 11 is 0. The lowest BCUT2D eigenvalue weighted by molar-refractivity contribution is 0.584. The van der Waals surface area contributed by atoms with Gasteiger partial charge in [0.15, 0.2) is 5.58 Å². The fraction of sp³-hybridized carbons (Fsp3) is 0.417. The number of hydrogen-bond acceptors (Lipinski definition) is 4. The fourth-order valence-electron chi connectivity index (χ4n) is 1.91. The summed E-state index contributed by atoms with van der Waals surface area (Å²) < 4.78 is 5.60. The van der Waals surface area contributed by atoms with Crippen LogP contribution in [-0.4, -0.2) is 11.0 Å². The molecule has 1 aromatic carbocycles. The predicted octanol–water partition coefficient (Wildman–Crippen LogP) is 2.62. The molecule has 84 valence electrons. The highest BCUT2D eigenvalue weighted by Crippen LogP contribution is 2.34. The van der Waals surface area contributed by atoms with Crippen LogP contribution in [-0.2, 0) is 0 Å². The van der Waals surface area contributed by atoms with Crippen molar-refractivity contribution in [1.82, 2.24) is 4.98 Å². The Morgan fingerprint density at radius 2 is 2.31 bits per heavy atom. The van der Waals surface area contributed by atoms with E-state index in [2.05, 4.69) is 17.2 Å². The Balaban J connectivity index is 1.86. The summed E-state index contributed by atoms with van der Waals surface area (Å²) in [6, 6.07) is 6.54. The summed E-state index contributed by atoms with van der Waals surface area (Å²) in [6.45, 7) is 2.17. The summed E-state index contributed by atoms with van der Waals surface area (Å²) in [6.07, 6.45) is 2.61. The van der Waals surface area contributed by atoms with Crippen molar-refractivity contribution in [3.8, 4) is 0 Å². The number of hydrogen-bond donors (Lipinski definition) is 2. The molecular weight excluding hydrogens is 202 g/mol. The number of nitrogens with two attached hydrogens (primary N) is 1. The number of aromatic nitrogens is 1. The molecule has 4 nitrogen and oxygen atoms in total. The molecule has 0 bridgehead atoms. The average molecular weight is 217 g/mol. The molecule has 1 aliphatic carbocycles. The van der Waals surface area contributed by atoms with Gasteiger partial charge in [-0.3, -0.25) is 0 Å². The zero-order valence-electron chi connectivity index (χ0n) is 9.23. The van der Waals surface area contributed by atoms with Gasteiger partial charge in [0.2, 0.25) is 0 Å². The Morgan fingerprint density at radius 3 is 3.06 bits per heavy atom. The van der Waals surface area contributed by atoms with Crippen LogP contribution in [0.15, 0.2) is 22.6 Å². The molecule has 3 rings (SSSR count). The highest BCUT2D eigenvalue weighted by molar-refractivity contribution is 5.78. The van der Waals surface area contributed by atoms with E-state index in [-0.39, 0.29) is 0 Å². The van der Waals surface area contributed by atoms with E-state index in [0.29, 0.717) is 17.7 Å². The van der Waals surface area contributed by atoms with Crippen molar-refractivity contribution in [2.24, 2.45) is 5.92 Å². The normalized spacial score (nSPS) is 17.6. The summed E-state index contributed by atoms with van der Waals surface area (Å²) in [5.74, 6) is 0.778. The Bertz CT molecular complexity index is 516. The highest BCUT2D eigenvalue weighted by atomic mass is 16.4. The molecule has 2 aromatic rings. The topological polar surface area (TPSA) is 64.1 Å². The first kappa shape index (κ1) is 9.51. The van der Waals surface area contributed by atoms with Gasteiger partial charge in [0.25, 0.3) is 6.01 Å². The standard InChI is InChI=1S/C12H15N3O/c1-7(8-2-3-8)14-12-15-10-5-4-9(13)6-11(10)16-12/h4-8H,2-3,13H2,1H3,(H,14,15). The first-order valence-corrected chi connectivity index (χ1v) is 5.65. The van der Waals surface area contributed by atoms with Crippen molar-refractivity contribution in [3.05, 3.63) is 18.2 Å². The highest BCUT2D eigenvalue weighted by Gasteiger charge is 2.28. The summed E-state index contributed by atoms with van der Waals surface area (Å²) in [5.41, 5.74) is 7.97. The van der Waals surface area contributed by atoms with Crippen LogP contribution in [0.3, 0.4) is 0 Å². The van der Waals surface area contributed by atoms with Crippen molar-refractivity contribution < 1.29 is 4.42 Å². The second-order valence-corrected chi connectivity index (χ2v) is 4.52. The van der Waals surface area contributed by atoms with Gasteiger partial charge in [0.1, 0.15) is 5.52 Å². The van der Waals surface area contributed by atoms with E-state index >= 15 is 0 Å². The van der Waals surface area contributed by atoms with Crippen LogP contribution >= 0.6 is 0 Å². The third-order valence-electron chi connectivity index (χ3n) is 3.09. The van der Waals surface area contributed by atoms with Crippen LogP contribution in [0, 0.1) is 5.92 Å². The maximum Gasteiger partial charge on any atom is 0.295 e. The molecule has 1 saturated carbocycles. The van der Waals surface area contributed by atoms with E-state index in [1.165, 1.54) is 12.8 Å². The number of anilines is 2. The van der Waals surface area contributed by atoms with E-state index in [0.717, 1.165) is 17.0 Å². The van der Waals surface area contributed by atoms with Gasteiger partial charge in [0.05, 0.1) is 0 Å². The SMILES string of the molecule is CC(Nc1nc2ccc(N)cc2o1)C1CC1. The number of nitrogens with one attached hydrogen (secondary N) is 1. The van der Waals surface area contributed by atoms with Crippen molar-refractivity contribution in [1.29, 1.82) is 0 Å². The number of fused-ring (bicyclic) bond motifs is 1. The van der Waals surface area contributed by atoms with Crippen LogP contribution in [0.4, 0.5) is 11.7 Å². The molecule has 16 heavy (non-hydrogen) atoms. The molecular formula is C12H15N3O. The molecule has 4 heteroatoms. The van der Waals surface area contributed by atoms with Crippen molar-refractivity contribution in [2.45, 2.75) is 25.8 Å². The Morgan fingerprint density at radius 1 is 1.50 bits per heavy atom. The zero-order valence-corrected chi connectivity index (χ0v) is 9.23. The van der Waals surface area contributed by atoms with Gasteiger partial charge >= 0.3 is 0 Å². The van der Waals surface area contributed by atoms with Crippen molar-refractivity contribution in [2.75, 3.05) is 11.1 Å². The Labute approximate surface area is 93.8 Å². The molecule has 1 unspecified atom stereocenters. The van der Waals surface area contributed by atoms with Crippen LogP contribution in [0.2, 0.25) is 0 Å². The third-order valence-corrected chi connectivity index (χ3v) is 3.09. The molecule has 1 aromatic heterocycles. The van der Waals surface area contributed by atoms with Gasteiger partial charge in [0, 0.05) is 17.8 Å². The second kappa shape index (κ2) is 3.40. The fourth-order valence-corrected chi connectivity index (χ4v) is 1.91. The quantitative estimate of drug-likeness (QED) is 0.776. The first-order valence-electron chi connectivity index (χ1n) is 5.65. The van der Waals surface area contributed by atoms with Gasteiger partial charge in [-0.1, -0.05) is 0 Å². The molecule has 0 saturated heterocycles. The minimum absolute atomic E-state index is 0.436. The summed E-state index contributed by atoms with van der Waals surface area (Å²) in [4.78, 5) is 4.37. The van der Waals surface area contributed by atoms with Gasteiger partial charge in [-0.25, -0.2) is 0 Å². The van der Waals surface area contributed by atoms with Crippen molar-refractivity contribution in [3.63, 3.8) is 0 Å². The van der Waals surface area contributed by atoms with E-state index < -0.39 is 0 Å². The predicted molar refractivity (Wildman–Crippen MR) is 64.2 cm³/mol. The van der Waals surface area contributed by atoms with Crippen LogP contribution in [0.1, 0.15) is 19.8 Å². The Kier molecular flexibility index (Phi) is 2.02. The molecule has 1 aliphatic rings. The van der Waals surface area contributed by atoms with Crippen LogP contribution in [0.5, 0.6) is 0 Å². The lowest BCUT2D eigenvalue weighted by Gasteiger charge is -2.09. The smallest absolute Gasteiger partial charge is 0.295 e. The zero-order chi connectivity index (χ0) is 11.1. The molecule has 0 amide bonds. The van der Waals surface area contributed by atoms with Gasteiger partial charge < -0.3 is 15.5 Å². The van der Waals surface area contributed by atoms with Crippen LogP contribution < -0.4 is 11.1 Å². The van der Waals surface area contributed by atoms with E-state index in [9.17, 15) is 0 Å². The maximum absolute atomic E-state index is 5.68. The van der Waals surface area contributed by atoms with E-state index in [1.54, 1.807) is 6.07 Å². The third kappa shape index (κ3) is 1.71. The monoisotopic (exact) mass is 217 g/mol. The van der Waals surface area contributed by atoms with Gasteiger partial charge in [-0.15, -0.1) is 0 Å². The molecule has 1 fully saturated rings. The number of nitrogen functional groups attached to an aromatic ring is 1. The lowest BCUT2D eigenvalue weighted by Crippen LogP contribution is -2.17. The molecule has 0 radical (unpaired) electrons. The van der Waals surface area contributed by atoms with E-state index in [1.807, 2.05) is 12.1 Å².